The van der Waals surface area contributed by atoms with E-state index < -0.39 is 4.92 Å². The number of pyridine rings is 1. The Labute approximate surface area is 206 Å². The molecule has 2 N–H and O–H groups in total. The van der Waals surface area contributed by atoms with Crippen molar-refractivity contribution < 1.29 is 9.66 Å². The minimum absolute atomic E-state index is 0.107. The minimum atomic E-state index is -0.469. The molecular weight excluding hydrogens is 472 g/mol. The van der Waals surface area contributed by atoms with Crippen LogP contribution in [0, 0.1) is 10.1 Å². The Bertz CT molecular complexity index is 1410. The van der Waals surface area contributed by atoms with Crippen LogP contribution in [0.3, 0.4) is 0 Å². The SMILES string of the molecule is COc1c(N)cc([N+](=O)[O-])c(N(C)CCN(C)C)c1-c1ncc(Cl)c(-c2cnn3ccccc23)n1. The summed E-state index contributed by atoms with van der Waals surface area (Å²) in [4.78, 5) is 24.5. The van der Waals surface area contributed by atoms with Crippen molar-refractivity contribution in [3.05, 3.63) is 58.0 Å². The van der Waals surface area contributed by atoms with Crippen molar-refractivity contribution in [1.82, 2.24) is 24.5 Å². The number of nitrogen functional groups attached to an aromatic ring is 1. The maximum Gasteiger partial charge on any atom is 0.295 e. The third-order valence-corrected chi connectivity index (χ3v) is 5.85. The highest BCUT2D eigenvalue weighted by Gasteiger charge is 2.30. The second-order valence-corrected chi connectivity index (χ2v) is 8.61. The molecule has 0 fully saturated rings. The van der Waals surface area contributed by atoms with Gasteiger partial charge in [-0.1, -0.05) is 17.7 Å². The van der Waals surface area contributed by atoms with E-state index in [1.54, 1.807) is 22.7 Å². The highest BCUT2D eigenvalue weighted by atomic mass is 35.5. The molecule has 0 unspecified atom stereocenters. The van der Waals surface area contributed by atoms with Crippen molar-refractivity contribution in [2.75, 3.05) is 52.0 Å². The number of methoxy groups -OCH3 is 1. The summed E-state index contributed by atoms with van der Waals surface area (Å²) in [6, 6.07) is 6.95. The number of rotatable bonds is 8. The van der Waals surface area contributed by atoms with Gasteiger partial charge in [-0.2, -0.15) is 5.10 Å². The van der Waals surface area contributed by atoms with Crippen LogP contribution in [0.2, 0.25) is 5.02 Å². The van der Waals surface area contributed by atoms with Crippen LogP contribution in [0.15, 0.2) is 42.9 Å². The molecule has 4 aromatic rings. The van der Waals surface area contributed by atoms with E-state index in [9.17, 15) is 10.1 Å². The number of aromatic nitrogens is 4. The van der Waals surface area contributed by atoms with Gasteiger partial charge in [0.25, 0.3) is 5.69 Å². The fourth-order valence-corrected chi connectivity index (χ4v) is 4.06. The molecule has 182 valence electrons. The molecule has 0 aliphatic heterocycles. The molecule has 0 bridgehead atoms. The first-order chi connectivity index (χ1) is 16.7. The van der Waals surface area contributed by atoms with Gasteiger partial charge in [0.2, 0.25) is 0 Å². The first kappa shape index (κ1) is 24.2. The van der Waals surface area contributed by atoms with Gasteiger partial charge >= 0.3 is 0 Å². The van der Waals surface area contributed by atoms with Gasteiger partial charge in [0.05, 0.1) is 51.9 Å². The zero-order valence-corrected chi connectivity index (χ0v) is 20.5. The number of anilines is 2. The lowest BCUT2D eigenvalue weighted by Crippen LogP contribution is -2.29. The normalized spacial score (nSPS) is 11.3. The summed E-state index contributed by atoms with van der Waals surface area (Å²) in [5.74, 6) is 0.439. The van der Waals surface area contributed by atoms with Gasteiger partial charge in [-0.15, -0.1) is 0 Å². The van der Waals surface area contributed by atoms with E-state index in [0.717, 1.165) is 5.52 Å². The lowest BCUT2D eigenvalue weighted by atomic mass is 10.1. The number of fused-ring (bicyclic) bond motifs is 1. The quantitative estimate of drug-likeness (QED) is 0.221. The van der Waals surface area contributed by atoms with Crippen LogP contribution < -0.4 is 15.4 Å². The predicted molar refractivity (Wildman–Crippen MR) is 136 cm³/mol. The Hall–Kier alpha value is -3.96. The maximum atomic E-state index is 12.1. The number of benzene rings is 1. The Balaban J connectivity index is 1.98. The number of likely N-dealkylation sites (N-methyl/N-ethyl adjacent to an activating group) is 2. The molecule has 0 saturated heterocycles. The summed E-state index contributed by atoms with van der Waals surface area (Å²) in [5, 5.41) is 16.7. The molecular formula is C23H25ClN8O3. The fraction of sp³-hybridized carbons (Fsp3) is 0.261. The second kappa shape index (κ2) is 9.72. The van der Waals surface area contributed by atoms with E-state index >= 15 is 0 Å². The van der Waals surface area contributed by atoms with Gasteiger partial charge in [0, 0.05) is 38.0 Å². The molecule has 11 nitrogen and oxygen atoms in total. The zero-order valence-electron chi connectivity index (χ0n) is 19.8. The largest absolute Gasteiger partial charge is 0.494 e. The van der Waals surface area contributed by atoms with Gasteiger partial charge < -0.3 is 20.3 Å². The third kappa shape index (κ3) is 4.55. The fourth-order valence-electron chi connectivity index (χ4n) is 3.87. The van der Waals surface area contributed by atoms with Gasteiger partial charge in [-0.05, 0) is 26.2 Å². The molecule has 0 atom stereocenters. The van der Waals surface area contributed by atoms with Crippen LogP contribution in [0.1, 0.15) is 0 Å². The van der Waals surface area contributed by atoms with E-state index in [0.29, 0.717) is 40.6 Å². The molecule has 3 heterocycles. The number of nitrogens with two attached hydrogens (primary N) is 1. The summed E-state index contributed by atoms with van der Waals surface area (Å²) >= 11 is 6.51. The number of nitro groups is 1. The van der Waals surface area contributed by atoms with Crippen LogP contribution >= 0.6 is 11.6 Å². The number of ether oxygens (including phenoxy) is 1. The van der Waals surface area contributed by atoms with Crippen molar-refractivity contribution in [1.29, 1.82) is 0 Å². The van der Waals surface area contributed by atoms with Crippen molar-refractivity contribution in [2.24, 2.45) is 0 Å². The number of nitrogens with zero attached hydrogens (tertiary/aromatic N) is 7. The summed E-state index contributed by atoms with van der Waals surface area (Å²) in [6.45, 7) is 1.16. The van der Waals surface area contributed by atoms with Crippen LogP contribution in [-0.2, 0) is 0 Å². The number of hydrogen-bond donors (Lipinski definition) is 1. The van der Waals surface area contributed by atoms with Crippen LogP contribution in [-0.4, -0.2) is 70.7 Å². The number of hydrogen-bond acceptors (Lipinski definition) is 9. The number of halogens is 1. The molecule has 0 radical (unpaired) electrons. The van der Waals surface area contributed by atoms with Crippen LogP contribution in [0.25, 0.3) is 28.2 Å². The van der Waals surface area contributed by atoms with Crippen molar-refractivity contribution in [3.63, 3.8) is 0 Å². The first-order valence-corrected chi connectivity index (χ1v) is 11.1. The molecule has 0 spiro atoms. The van der Waals surface area contributed by atoms with E-state index in [4.69, 9.17) is 27.1 Å². The maximum absolute atomic E-state index is 12.1. The lowest BCUT2D eigenvalue weighted by Gasteiger charge is -2.25. The molecule has 0 amide bonds. The van der Waals surface area contributed by atoms with Gasteiger partial charge in [-0.25, -0.2) is 14.5 Å². The molecule has 3 aromatic heterocycles. The molecule has 35 heavy (non-hydrogen) atoms. The van der Waals surface area contributed by atoms with Gasteiger partial charge in [0.1, 0.15) is 5.69 Å². The summed E-state index contributed by atoms with van der Waals surface area (Å²) in [6.07, 6.45) is 4.94. The number of nitro benzene ring substituents is 1. The van der Waals surface area contributed by atoms with Crippen molar-refractivity contribution in [2.45, 2.75) is 0 Å². The first-order valence-electron chi connectivity index (χ1n) is 10.7. The second-order valence-electron chi connectivity index (χ2n) is 8.20. The minimum Gasteiger partial charge on any atom is -0.494 e. The van der Waals surface area contributed by atoms with Crippen LogP contribution in [0.4, 0.5) is 17.1 Å². The third-order valence-electron chi connectivity index (χ3n) is 5.58. The Morgan fingerprint density at radius 1 is 1.23 bits per heavy atom. The molecule has 12 heteroatoms. The molecule has 0 saturated carbocycles. The summed E-state index contributed by atoms with van der Waals surface area (Å²) in [5.41, 5.74) is 8.67. The zero-order chi connectivity index (χ0) is 25.3. The summed E-state index contributed by atoms with van der Waals surface area (Å²) in [7, 11) is 7.08. The van der Waals surface area contributed by atoms with E-state index in [-0.39, 0.29) is 22.9 Å². The Kier molecular flexibility index (Phi) is 6.72. The average Bonchev–Trinajstić information content (AvgIpc) is 3.26. The van der Waals surface area contributed by atoms with E-state index in [1.807, 2.05) is 43.4 Å². The summed E-state index contributed by atoms with van der Waals surface area (Å²) < 4.78 is 7.31. The van der Waals surface area contributed by atoms with Crippen molar-refractivity contribution in [3.8, 4) is 28.4 Å². The average molecular weight is 497 g/mol. The Morgan fingerprint density at radius 2 is 2.00 bits per heavy atom. The highest BCUT2D eigenvalue weighted by Crippen LogP contribution is 2.47. The van der Waals surface area contributed by atoms with Gasteiger partial charge in [0.15, 0.2) is 11.6 Å². The van der Waals surface area contributed by atoms with Crippen molar-refractivity contribution >= 4 is 34.2 Å². The topological polar surface area (TPSA) is 128 Å². The van der Waals surface area contributed by atoms with Crippen LogP contribution in [0.5, 0.6) is 5.75 Å². The highest BCUT2D eigenvalue weighted by molar-refractivity contribution is 6.33. The van der Waals surface area contributed by atoms with Gasteiger partial charge in [-0.3, -0.25) is 10.1 Å². The monoisotopic (exact) mass is 496 g/mol. The smallest absolute Gasteiger partial charge is 0.295 e. The Morgan fingerprint density at radius 3 is 2.69 bits per heavy atom. The standard InChI is InChI=1S/C23H25ClN8O3/c1-29(2)9-10-30(3)21-18(32(33)34)11-16(25)22(35-4)19(21)23-26-13-15(24)20(28-23)14-12-27-31-8-6-5-7-17(14)31/h5-8,11-13H,9-10,25H2,1-4H3. The predicted octanol–water partition coefficient (Wildman–Crippen LogP) is 3.61. The molecule has 1 aromatic carbocycles. The van der Waals surface area contributed by atoms with E-state index in [2.05, 4.69) is 10.1 Å². The lowest BCUT2D eigenvalue weighted by molar-refractivity contribution is -0.384. The molecule has 4 rings (SSSR count). The molecule has 0 aliphatic rings. The molecule has 0 aliphatic carbocycles. The van der Waals surface area contributed by atoms with E-state index in [1.165, 1.54) is 19.4 Å².